The Bertz CT molecular complexity index is 1270. The molecule has 4 aromatic rings. The first-order chi connectivity index (χ1) is 15.6. The van der Waals surface area contributed by atoms with Crippen molar-refractivity contribution in [3.05, 3.63) is 54.0 Å². The lowest BCUT2D eigenvalue weighted by Crippen LogP contribution is -2.43. The molecule has 3 aromatic heterocycles. The minimum Gasteiger partial charge on any atom is -0.379 e. The van der Waals surface area contributed by atoms with E-state index in [9.17, 15) is 4.79 Å². The second-order valence-corrected chi connectivity index (χ2v) is 9.60. The monoisotopic (exact) mass is 503 g/mol. The van der Waals surface area contributed by atoms with Crippen LogP contribution in [0.15, 0.2) is 47.5 Å². The molecular formula is C23H26ClN5O2S2. The van der Waals surface area contributed by atoms with Gasteiger partial charge < -0.3 is 4.74 Å². The van der Waals surface area contributed by atoms with Crippen LogP contribution in [0, 0.1) is 6.92 Å². The molecular weight excluding hydrogens is 478 g/mol. The molecule has 4 heterocycles. The number of hydrogen-bond acceptors (Lipinski definition) is 7. The fourth-order valence-corrected chi connectivity index (χ4v) is 5.53. The van der Waals surface area contributed by atoms with E-state index in [2.05, 4.69) is 28.3 Å². The van der Waals surface area contributed by atoms with Gasteiger partial charge in [0.2, 0.25) is 0 Å². The molecule has 0 unspecified atom stereocenters. The smallest absolute Gasteiger partial charge is 0.279 e. The van der Waals surface area contributed by atoms with Gasteiger partial charge in [-0.05, 0) is 43.5 Å². The maximum absolute atomic E-state index is 13.9. The Balaban J connectivity index is 0.00000259. The lowest BCUT2D eigenvalue weighted by molar-refractivity contribution is 0.0391. The number of carbonyl (C=O) groups excluding carboxylic acids is 1. The Morgan fingerprint density at radius 1 is 1.21 bits per heavy atom. The van der Waals surface area contributed by atoms with E-state index in [1.54, 1.807) is 23.1 Å². The largest absolute Gasteiger partial charge is 0.379 e. The summed E-state index contributed by atoms with van der Waals surface area (Å²) < 4.78 is 8.44. The number of morpholine rings is 1. The second kappa shape index (κ2) is 10.4. The minimum atomic E-state index is -0.0707. The number of anilines is 1. The quantitative estimate of drug-likeness (QED) is 0.364. The van der Waals surface area contributed by atoms with Gasteiger partial charge in [-0.2, -0.15) is 0 Å². The Morgan fingerprint density at radius 3 is 2.82 bits per heavy atom. The number of aryl methyl sites for hydroxylation is 1. The number of benzene rings is 1. The molecule has 0 aliphatic carbocycles. The van der Waals surface area contributed by atoms with Crippen molar-refractivity contribution in [1.29, 1.82) is 0 Å². The highest BCUT2D eigenvalue weighted by Crippen LogP contribution is 2.32. The van der Waals surface area contributed by atoms with E-state index in [0.717, 1.165) is 59.5 Å². The van der Waals surface area contributed by atoms with Crippen LogP contribution in [0.1, 0.15) is 16.2 Å². The van der Waals surface area contributed by atoms with E-state index >= 15 is 0 Å². The van der Waals surface area contributed by atoms with Crippen LogP contribution in [0.5, 0.6) is 0 Å². The van der Waals surface area contributed by atoms with Crippen LogP contribution >= 0.6 is 35.5 Å². The van der Waals surface area contributed by atoms with E-state index in [0.29, 0.717) is 12.2 Å². The second-order valence-electron chi connectivity index (χ2n) is 7.72. The SMILES string of the molecule is CSc1ccc2nc(N(CCN3CCOCC3)C(=O)c3c(C)nc4ccccn34)sc2c1.Cl. The average molecular weight is 504 g/mol. The zero-order chi connectivity index (χ0) is 22.1. The van der Waals surface area contributed by atoms with Crippen molar-refractivity contribution in [2.24, 2.45) is 0 Å². The summed E-state index contributed by atoms with van der Waals surface area (Å²) in [6.07, 6.45) is 3.96. The molecule has 1 aliphatic rings. The molecule has 5 rings (SSSR count). The number of carbonyl (C=O) groups is 1. The van der Waals surface area contributed by atoms with Crippen molar-refractivity contribution in [3.8, 4) is 0 Å². The summed E-state index contributed by atoms with van der Waals surface area (Å²) in [5, 5.41) is 0.724. The molecule has 0 atom stereocenters. The number of rotatable bonds is 6. The van der Waals surface area contributed by atoms with Gasteiger partial charge in [0.15, 0.2) is 5.13 Å². The number of amides is 1. The van der Waals surface area contributed by atoms with Crippen LogP contribution in [-0.4, -0.2) is 70.8 Å². The molecule has 1 amide bonds. The number of fused-ring (bicyclic) bond motifs is 2. The van der Waals surface area contributed by atoms with Crippen LogP contribution in [0.25, 0.3) is 15.9 Å². The van der Waals surface area contributed by atoms with E-state index in [-0.39, 0.29) is 18.3 Å². The number of imidazole rings is 1. The summed E-state index contributed by atoms with van der Waals surface area (Å²) in [4.78, 5) is 28.7. The number of thioether (sulfide) groups is 1. The van der Waals surface area contributed by atoms with E-state index in [1.165, 1.54) is 4.90 Å². The van der Waals surface area contributed by atoms with E-state index < -0.39 is 0 Å². The number of halogens is 1. The van der Waals surface area contributed by atoms with Crippen molar-refractivity contribution in [2.75, 3.05) is 50.5 Å². The first kappa shape index (κ1) is 24.0. The lowest BCUT2D eigenvalue weighted by Gasteiger charge is -2.29. The third-order valence-electron chi connectivity index (χ3n) is 5.71. The first-order valence-electron chi connectivity index (χ1n) is 10.6. The number of pyridine rings is 1. The number of hydrogen-bond donors (Lipinski definition) is 0. The Hall–Kier alpha value is -2.17. The summed E-state index contributed by atoms with van der Waals surface area (Å²) in [6.45, 7) is 6.47. The highest BCUT2D eigenvalue weighted by Gasteiger charge is 2.27. The predicted molar refractivity (Wildman–Crippen MR) is 138 cm³/mol. The summed E-state index contributed by atoms with van der Waals surface area (Å²) in [5.41, 5.74) is 3.01. The predicted octanol–water partition coefficient (Wildman–Crippen LogP) is 4.38. The van der Waals surface area contributed by atoms with Crippen LogP contribution in [0.2, 0.25) is 0 Å². The average Bonchev–Trinajstić information content (AvgIpc) is 3.39. The summed E-state index contributed by atoms with van der Waals surface area (Å²) in [7, 11) is 0. The van der Waals surface area contributed by atoms with Gasteiger partial charge in [0, 0.05) is 37.3 Å². The molecule has 1 aliphatic heterocycles. The molecule has 7 nitrogen and oxygen atoms in total. The van der Waals surface area contributed by atoms with Crippen LogP contribution in [-0.2, 0) is 4.74 Å². The van der Waals surface area contributed by atoms with Gasteiger partial charge >= 0.3 is 0 Å². The maximum atomic E-state index is 13.9. The van der Waals surface area contributed by atoms with E-state index in [4.69, 9.17) is 9.72 Å². The molecule has 0 bridgehead atoms. The standard InChI is InChI=1S/C23H25N5O2S2.ClH/c1-16-21(27-8-4-3-5-20(27)24-16)22(29)28(10-9-26-11-13-30-14-12-26)23-25-18-7-6-17(31-2)15-19(18)32-23;/h3-8,15H,9-14H2,1-2H3;1H. The van der Waals surface area contributed by atoms with Gasteiger partial charge in [-0.25, -0.2) is 9.97 Å². The molecule has 1 fully saturated rings. The summed E-state index contributed by atoms with van der Waals surface area (Å²) in [5.74, 6) is -0.0707. The highest BCUT2D eigenvalue weighted by atomic mass is 35.5. The van der Waals surface area contributed by atoms with Gasteiger partial charge in [0.05, 0.1) is 29.1 Å². The molecule has 0 saturated carbocycles. The zero-order valence-corrected chi connectivity index (χ0v) is 21.0. The lowest BCUT2D eigenvalue weighted by atomic mass is 10.3. The Kier molecular flexibility index (Phi) is 7.55. The number of thiazole rings is 1. The Labute approximate surface area is 207 Å². The highest BCUT2D eigenvalue weighted by molar-refractivity contribution is 7.98. The van der Waals surface area contributed by atoms with Gasteiger partial charge in [-0.3, -0.25) is 19.0 Å². The van der Waals surface area contributed by atoms with Crippen LogP contribution < -0.4 is 4.90 Å². The number of ether oxygens (including phenoxy) is 1. The topological polar surface area (TPSA) is 63.0 Å². The third-order valence-corrected chi connectivity index (χ3v) is 7.48. The van der Waals surface area contributed by atoms with Crippen LogP contribution in [0.3, 0.4) is 0 Å². The van der Waals surface area contributed by atoms with E-state index in [1.807, 2.05) is 46.7 Å². The fraction of sp³-hybridized carbons (Fsp3) is 0.348. The van der Waals surface area contributed by atoms with Crippen molar-refractivity contribution >= 4 is 62.4 Å². The van der Waals surface area contributed by atoms with Crippen LogP contribution in [0.4, 0.5) is 5.13 Å². The van der Waals surface area contributed by atoms with Crippen molar-refractivity contribution in [2.45, 2.75) is 11.8 Å². The molecule has 1 aromatic carbocycles. The zero-order valence-electron chi connectivity index (χ0n) is 18.6. The molecule has 0 N–H and O–H groups in total. The molecule has 0 spiro atoms. The normalized spacial score (nSPS) is 14.5. The van der Waals surface area contributed by atoms with Gasteiger partial charge in [-0.15, -0.1) is 24.2 Å². The fourth-order valence-electron chi connectivity index (χ4n) is 3.98. The Morgan fingerprint density at radius 2 is 2.03 bits per heavy atom. The maximum Gasteiger partial charge on any atom is 0.279 e. The number of nitrogens with zero attached hydrogens (tertiary/aromatic N) is 5. The number of aromatic nitrogens is 3. The van der Waals surface area contributed by atoms with Crippen molar-refractivity contribution in [1.82, 2.24) is 19.3 Å². The van der Waals surface area contributed by atoms with Gasteiger partial charge in [0.1, 0.15) is 11.3 Å². The van der Waals surface area contributed by atoms with Crippen molar-refractivity contribution < 1.29 is 9.53 Å². The van der Waals surface area contributed by atoms with Gasteiger partial charge in [-0.1, -0.05) is 17.4 Å². The van der Waals surface area contributed by atoms with Crippen molar-refractivity contribution in [3.63, 3.8) is 0 Å². The first-order valence-corrected chi connectivity index (χ1v) is 12.7. The molecule has 1 saturated heterocycles. The molecule has 0 radical (unpaired) electrons. The molecule has 174 valence electrons. The minimum absolute atomic E-state index is 0. The summed E-state index contributed by atoms with van der Waals surface area (Å²) >= 11 is 3.27. The van der Waals surface area contributed by atoms with Gasteiger partial charge in [0.25, 0.3) is 5.91 Å². The summed E-state index contributed by atoms with van der Waals surface area (Å²) in [6, 6.07) is 12.0. The third kappa shape index (κ3) is 4.88. The molecule has 10 heteroatoms. The molecule has 33 heavy (non-hydrogen) atoms.